The van der Waals surface area contributed by atoms with Crippen LogP contribution in [0.15, 0.2) is 29.2 Å². The third-order valence-electron chi connectivity index (χ3n) is 3.25. The minimum Gasteiger partial charge on any atom is -0.394 e. The van der Waals surface area contributed by atoms with Gasteiger partial charge in [0.1, 0.15) is 4.90 Å². The number of anilines is 1. The molecule has 0 aromatic heterocycles. The Hall–Kier alpha value is -1.11. The smallest absolute Gasteiger partial charge is 0.240 e. The van der Waals surface area contributed by atoms with Gasteiger partial charge in [-0.1, -0.05) is 26.0 Å². The van der Waals surface area contributed by atoms with E-state index in [4.69, 9.17) is 5.14 Å². The highest BCUT2D eigenvalue weighted by atomic mass is 32.2. The van der Waals surface area contributed by atoms with Gasteiger partial charge in [-0.05, 0) is 25.0 Å². The van der Waals surface area contributed by atoms with Gasteiger partial charge >= 0.3 is 0 Å². The molecule has 4 N–H and O–H groups in total. The number of para-hydroxylation sites is 1. The van der Waals surface area contributed by atoms with E-state index in [0.29, 0.717) is 18.5 Å². The van der Waals surface area contributed by atoms with Crippen LogP contribution in [0.2, 0.25) is 0 Å². The molecule has 0 amide bonds. The number of sulfonamides is 1. The van der Waals surface area contributed by atoms with Gasteiger partial charge in [-0.3, -0.25) is 0 Å². The number of hydrogen-bond donors (Lipinski definition) is 3. The predicted molar refractivity (Wildman–Crippen MR) is 71.8 cm³/mol. The Morgan fingerprint density at radius 1 is 1.28 bits per heavy atom. The molecule has 0 fully saturated rings. The number of nitrogens with two attached hydrogens (primary N) is 1. The van der Waals surface area contributed by atoms with Gasteiger partial charge in [0.05, 0.1) is 17.8 Å². The maximum atomic E-state index is 11.5. The molecule has 0 atom stereocenters. The highest BCUT2D eigenvalue weighted by Crippen LogP contribution is 2.26. The number of aliphatic hydroxyl groups is 1. The molecule has 0 saturated carbocycles. The molecule has 0 spiro atoms. The molecule has 0 heterocycles. The Morgan fingerprint density at radius 2 is 1.83 bits per heavy atom. The van der Waals surface area contributed by atoms with Gasteiger partial charge in [0.15, 0.2) is 0 Å². The Labute approximate surface area is 108 Å². The molecule has 0 aliphatic carbocycles. The van der Waals surface area contributed by atoms with Crippen molar-refractivity contribution in [2.45, 2.75) is 37.1 Å². The zero-order valence-corrected chi connectivity index (χ0v) is 11.5. The minimum atomic E-state index is -3.77. The second-order valence-electron chi connectivity index (χ2n) is 4.31. The van der Waals surface area contributed by atoms with Crippen molar-refractivity contribution in [2.75, 3.05) is 11.9 Å². The molecule has 0 radical (unpaired) electrons. The van der Waals surface area contributed by atoms with Crippen molar-refractivity contribution in [3.63, 3.8) is 0 Å². The van der Waals surface area contributed by atoms with Gasteiger partial charge < -0.3 is 10.4 Å². The SMILES string of the molecule is CCC(CC)(CO)Nc1ccccc1S(N)(=O)=O. The van der Waals surface area contributed by atoms with Crippen molar-refractivity contribution in [3.05, 3.63) is 24.3 Å². The van der Waals surface area contributed by atoms with Crippen LogP contribution in [0, 0.1) is 0 Å². The Kier molecular flexibility index (Phi) is 4.72. The van der Waals surface area contributed by atoms with Crippen LogP contribution >= 0.6 is 0 Å². The minimum absolute atomic E-state index is 0.0460. The van der Waals surface area contributed by atoms with E-state index in [1.807, 2.05) is 13.8 Å². The van der Waals surface area contributed by atoms with Crippen LogP contribution in [0.3, 0.4) is 0 Å². The van der Waals surface area contributed by atoms with Crippen LogP contribution in [0.1, 0.15) is 26.7 Å². The van der Waals surface area contributed by atoms with E-state index in [2.05, 4.69) is 5.32 Å². The molecular weight excluding hydrogens is 252 g/mol. The summed E-state index contributed by atoms with van der Waals surface area (Å²) in [4.78, 5) is 0.0460. The number of hydrogen-bond acceptors (Lipinski definition) is 4. The summed E-state index contributed by atoms with van der Waals surface area (Å²) in [5.41, 5.74) is -0.0985. The Morgan fingerprint density at radius 3 is 2.28 bits per heavy atom. The molecule has 0 aliphatic heterocycles. The summed E-state index contributed by atoms with van der Waals surface area (Å²) >= 11 is 0. The number of primary sulfonamides is 1. The maximum Gasteiger partial charge on any atom is 0.240 e. The number of aliphatic hydroxyl groups excluding tert-OH is 1. The van der Waals surface area contributed by atoms with Crippen LogP contribution in [0.4, 0.5) is 5.69 Å². The third-order valence-corrected chi connectivity index (χ3v) is 4.22. The molecule has 0 aliphatic rings. The number of benzene rings is 1. The molecule has 1 aromatic carbocycles. The van der Waals surface area contributed by atoms with E-state index >= 15 is 0 Å². The highest BCUT2D eigenvalue weighted by molar-refractivity contribution is 7.89. The summed E-state index contributed by atoms with van der Waals surface area (Å²) in [6.45, 7) is 3.80. The van der Waals surface area contributed by atoms with E-state index in [1.165, 1.54) is 6.07 Å². The van der Waals surface area contributed by atoms with Gasteiger partial charge in [0.25, 0.3) is 0 Å². The maximum absolute atomic E-state index is 11.5. The molecule has 0 unspecified atom stereocenters. The molecular formula is C12H20N2O3S. The van der Waals surface area contributed by atoms with E-state index < -0.39 is 15.6 Å². The zero-order valence-electron chi connectivity index (χ0n) is 10.7. The molecule has 18 heavy (non-hydrogen) atoms. The first-order chi connectivity index (χ1) is 8.38. The molecule has 0 bridgehead atoms. The standard InChI is InChI=1S/C12H20N2O3S/c1-3-12(4-2,9-15)14-10-7-5-6-8-11(10)18(13,16)17/h5-8,14-15H,3-4,9H2,1-2H3,(H2,13,16,17). The van der Waals surface area contributed by atoms with E-state index in [0.717, 1.165) is 0 Å². The number of rotatable bonds is 6. The average Bonchev–Trinajstić information content (AvgIpc) is 2.35. The second kappa shape index (κ2) is 5.69. The fraction of sp³-hybridized carbons (Fsp3) is 0.500. The topological polar surface area (TPSA) is 92.4 Å². The summed E-state index contributed by atoms with van der Waals surface area (Å²) < 4.78 is 23.0. The molecule has 1 aromatic rings. The van der Waals surface area contributed by atoms with Crippen LogP contribution in [0.5, 0.6) is 0 Å². The lowest BCUT2D eigenvalue weighted by molar-refractivity contribution is 0.202. The average molecular weight is 272 g/mol. The Bertz CT molecular complexity index is 488. The first kappa shape index (κ1) is 14.9. The second-order valence-corrected chi connectivity index (χ2v) is 5.84. The van der Waals surface area contributed by atoms with Crippen molar-refractivity contribution in [2.24, 2.45) is 5.14 Å². The van der Waals surface area contributed by atoms with Gasteiger partial charge in [0.2, 0.25) is 10.0 Å². The Balaban J connectivity index is 3.19. The monoisotopic (exact) mass is 272 g/mol. The van der Waals surface area contributed by atoms with Gasteiger partial charge in [0, 0.05) is 0 Å². The van der Waals surface area contributed by atoms with Crippen molar-refractivity contribution < 1.29 is 13.5 Å². The third kappa shape index (κ3) is 3.22. The lowest BCUT2D eigenvalue weighted by Crippen LogP contribution is -2.41. The lowest BCUT2D eigenvalue weighted by Gasteiger charge is -2.32. The molecule has 6 heteroatoms. The van der Waals surface area contributed by atoms with Crippen LogP contribution in [-0.4, -0.2) is 25.7 Å². The van der Waals surface area contributed by atoms with Crippen LogP contribution < -0.4 is 10.5 Å². The van der Waals surface area contributed by atoms with Gasteiger partial charge in [-0.15, -0.1) is 0 Å². The molecule has 5 nitrogen and oxygen atoms in total. The highest BCUT2D eigenvalue weighted by Gasteiger charge is 2.27. The van der Waals surface area contributed by atoms with Crippen LogP contribution in [-0.2, 0) is 10.0 Å². The molecule has 1 rings (SSSR count). The molecule has 102 valence electrons. The van der Waals surface area contributed by atoms with Crippen molar-refractivity contribution in [3.8, 4) is 0 Å². The molecule has 0 saturated heterocycles. The van der Waals surface area contributed by atoms with Crippen LogP contribution in [0.25, 0.3) is 0 Å². The van der Waals surface area contributed by atoms with Crippen molar-refractivity contribution in [1.29, 1.82) is 0 Å². The van der Waals surface area contributed by atoms with Crippen molar-refractivity contribution >= 4 is 15.7 Å². The first-order valence-electron chi connectivity index (χ1n) is 5.89. The summed E-state index contributed by atoms with van der Waals surface area (Å²) in [6.07, 6.45) is 1.36. The lowest BCUT2D eigenvalue weighted by atomic mass is 9.93. The fourth-order valence-corrected chi connectivity index (χ4v) is 2.49. The largest absolute Gasteiger partial charge is 0.394 e. The first-order valence-corrected chi connectivity index (χ1v) is 7.44. The van der Waals surface area contributed by atoms with E-state index in [1.54, 1.807) is 18.2 Å². The summed E-state index contributed by atoms with van der Waals surface area (Å²) in [5.74, 6) is 0. The zero-order chi connectivity index (χ0) is 13.8. The fourth-order valence-electron chi connectivity index (χ4n) is 1.79. The summed E-state index contributed by atoms with van der Waals surface area (Å²) in [7, 11) is -3.77. The normalized spacial score (nSPS) is 12.4. The van der Waals surface area contributed by atoms with E-state index in [-0.39, 0.29) is 11.5 Å². The number of nitrogens with one attached hydrogen (secondary N) is 1. The predicted octanol–water partition coefficient (Wildman–Crippen LogP) is 1.30. The summed E-state index contributed by atoms with van der Waals surface area (Å²) in [5, 5.41) is 17.8. The quantitative estimate of drug-likeness (QED) is 0.727. The van der Waals surface area contributed by atoms with Gasteiger partial charge in [-0.2, -0.15) is 0 Å². The van der Waals surface area contributed by atoms with Gasteiger partial charge in [-0.25, -0.2) is 13.6 Å². The van der Waals surface area contributed by atoms with E-state index in [9.17, 15) is 13.5 Å². The van der Waals surface area contributed by atoms with Crippen molar-refractivity contribution in [1.82, 2.24) is 0 Å². The summed E-state index contributed by atoms with van der Waals surface area (Å²) in [6, 6.07) is 6.44.